The van der Waals surface area contributed by atoms with Crippen LogP contribution in [-0.4, -0.2) is 49.3 Å². The molecule has 1 aromatic carbocycles. The van der Waals surface area contributed by atoms with Crippen LogP contribution in [0.4, 0.5) is 0 Å². The number of halogens is 2. The van der Waals surface area contributed by atoms with Gasteiger partial charge in [0.1, 0.15) is 0 Å². The number of benzene rings is 1. The zero-order chi connectivity index (χ0) is 20.9. The molecule has 1 N–H and O–H groups in total. The molecule has 1 atom stereocenters. The van der Waals surface area contributed by atoms with Crippen LogP contribution < -0.4 is 5.32 Å². The number of sulfonamides is 1. The third-order valence-electron chi connectivity index (χ3n) is 5.59. The van der Waals surface area contributed by atoms with Crippen LogP contribution in [0, 0.1) is 5.92 Å². The number of nitrogens with zero attached hydrogens (tertiary/aromatic N) is 1. The number of carbonyl (C=O) groups excluding carboxylic acids is 1. The van der Waals surface area contributed by atoms with E-state index < -0.39 is 10.0 Å². The van der Waals surface area contributed by atoms with Crippen molar-refractivity contribution in [1.82, 2.24) is 9.62 Å². The minimum Gasteiger partial charge on any atom is -0.355 e. The summed E-state index contributed by atoms with van der Waals surface area (Å²) < 4.78 is 27.2. The van der Waals surface area contributed by atoms with Crippen molar-refractivity contribution in [2.24, 2.45) is 5.92 Å². The predicted molar refractivity (Wildman–Crippen MR) is 121 cm³/mol. The molecule has 29 heavy (non-hydrogen) atoms. The molecule has 1 saturated carbocycles. The minimum absolute atomic E-state index is 0.0484. The lowest BCUT2D eigenvalue weighted by Crippen LogP contribution is -2.46. The summed E-state index contributed by atoms with van der Waals surface area (Å²) in [5.41, 5.74) is 0.409. The van der Waals surface area contributed by atoms with Crippen molar-refractivity contribution in [3.63, 3.8) is 0 Å². The molecule has 162 valence electrons. The summed E-state index contributed by atoms with van der Waals surface area (Å²) in [5, 5.41) is 4.41. The van der Waals surface area contributed by atoms with Crippen LogP contribution in [0.5, 0.6) is 0 Å². The maximum absolute atomic E-state index is 12.9. The third kappa shape index (κ3) is 6.50. The highest BCUT2D eigenvalue weighted by Gasteiger charge is 2.33. The summed E-state index contributed by atoms with van der Waals surface area (Å²) in [6.07, 6.45) is 6.57. The van der Waals surface area contributed by atoms with Gasteiger partial charge in [0.25, 0.3) is 0 Å². The van der Waals surface area contributed by atoms with Gasteiger partial charge in [0.05, 0.1) is 11.7 Å². The Morgan fingerprint density at radius 2 is 1.83 bits per heavy atom. The van der Waals surface area contributed by atoms with Crippen molar-refractivity contribution in [1.29, 1.82) is 0 Å². The first-order valence-electron chi connectivity index (χ1n) is 10.2. The second-order valence-electron chi connectivity index (χ2n) is 7.72. The molecule has 0 unspecified atom stereocenters. The summed E-state index contributed by atoms with van der Waals surface area (Å²) >= 11 is 14.2. The monoisotopic (exact) mass is 478 g/mol. The van der Waals surface area contributed by atoms with Gasteiger partial charge in [0, 0.05) is 46.2 Å². The normalized spacial score (nSPS) is 21.4. The molecule has 1 aliphatic heterocycles. The molecular formula is C20H28Cl2N2O3S2. The molecule has 1 saturated heterocycles. The highest BCUT2D eigenvalue weighted by atomic mass is 35.5. The number of hydrogen-bond acceptors (Lipinski definition) is 4. The molecule has 1 heterocycles. The van der Waals surface area contributed by atoms with E-state index in [2.05, 4.69) is 5.32 Å². The molecular weight excluding hydrogens is 451 g/mol. The molecule has 2 aliphatic rings. The average molecular weight is 479 g/mol. The van der Waals surface area contributed by atoms with Gasteiger partial charge >= 0.3 is 0 Å². The molecule has 1 aliphatic carbocycles. The van der Waals surface area contributed by atoms with Crippen molar-refractivity contribution in [3.8, 4) is 0 Å². The molecule has 5 nitrogen and oxygen atoms in total. The Bertz CT molecular complexity index is 794. The predicted octanol–water partition coefficient (Wildman–Crippen LogP) is 4.33. The number of thioether (sulfide) groups is 1. The molecule has 0 aromatic heterocycles. The lowest BCUT2D eigenvalue weighted by atomic mass is 9.99. The molecule has 0 spiro atoms. The van der Waals surface area contributed by atoms with Crippen molar-refractivity contribution in [3.05, 3.63) is 33.8 Å². The van der Waals surface area contributed by atoms with Crippen LogP contribution in [-0.2, 0) is 20.6 Å². The number of hydrogen-bond donors (Lipinski definition) is 1. The second-order valence-corrected chi connectivity index (χ2v) is 11.9. The van der Waals surface area contributed by atoms with Gasteiger partial charge in [-0.1, -0.05) is 42.1 Å². The number of rotatable bonds is 8. The zero-order valence-corrected chi connectivity index (χ0v) is 19.6. The van der Waals surface area contributed by atoms with Crippen LogP contribution in [0.2, 0.25) is 10.0 Å². The van der Waals surface area contributed by atoms with E-state index in [-0.39, 0.29) is 24.1 Å². The molecule has 0 radical (unpaired) electrons. The first kappa shape index (κ1) is 23.2. The van der Waals surface area contributed by atoms with Gasteiger partial charge in [0.2, 0.25) is 15.9 Å². The van der Waals surface area contributed by atoms with Gasteiger partial charge in [-0.3, -0.25) is 4.79 Å². The topological polar surface area (TPSA) is 66.5 Å². The highest BCUT2D eigenvalue weighted by Crippen LogP contribution is 2.30. The van der Waals surface area contributed by atoms with Crippen LogP contribution in [0.3, 0.4) is 0 Å². The summed E-state index contributed by atoms with van der Waals surface area (Å²) in [6.45, 7) is 1.27. The summed E-state index contributed by atoms with van der Waals surface area (Å²) in [5.74, 6) is 0.304. The van der Waals surface area contributed by atoms with Gasteiger partial charge < -0.3 is 5.32 Å². The fourth-order valence-corrected chi connectivity index (χ4v) is 7.53. The zero-order valence-electron chi connectivity index (χ0n) is 16.4. The van der Waals surface area contributed by atoms with Crippen LogP contribution >= 0.6 is 35.0 Å². The largest absolute Gasteiger partial charge is 0.355 e. The van der Waals surface area contributed by atoms with E-state index in [9.17, 15) is 13.2 Å². The smallest absolute Gasteiger partial charge is 0.224 e. The van der Waals surface area contributed by atoms with Crippen molar-refractivity contribution in [2.45, 2.75) is 49.5 Å². The van der Waals surface area contributed by atoms with Gasteiger partial charge in [-0.25, -0.2) is 12.7 Å². The molecule has 1 amide bonds. The standard InChI is InChI=1S/C20H28Cl2N2O3S2/c21-18-8-3-9-19(22)17(18)14-29(26,27)24-11-4-5-15(13-24)20(25)23-10-12-28-16-6-1-2-7-16/h3,8-9,15-16H,1-2,4-7,10-14H2,(H,23,25)/t15-/m0/s1. The molecule has 3 rings (SSSR count). The van der Waals surface area contributed by atoms with Gasteiger partial charge in [-0.15, -0.1) is 0 Å². The number of amides is 1. The lowest BCUT2D eigenvalue weighted by Gasteiger charge is -2.31. The average Bonchev–Trinajstić information content (AvgIpc) is 3.22. The van der Waals surface area contributed by atoms with Gasteiger partial charge in [-0.2, -0.15) is 11.8 Å². The van der Waals surface area contributed by atoms with Gasteiger partial charge in [0.15, 0.2) is 0 Å². The van der Waals surface area contributed by atoms with Crippen LogP contribution in [0.1, 0.15) is 44.1 Å². The van der Waals surface area contributed by atoms with Crippen molar-refractivity contribution < 1.29 is 13.2 Å². The van der Waals surface area contributed by atoms with Crippen LogP contribution in [0.15, 0.2) is 18.2 Å². The van der Waals surface area contributed by atoms with E-state index >= 15 is 0 Å². The van der Waals surface area contributed by atoms with Crippen molar-refractivity contribution in [2.75, 3.05) is 25.4 Å². The third-order valence-corrected chi connectivity index (χ3v) is 9.46. The van der Waals surface area contributed by atoms with E-state index in [0.29, 0.717) is 41.5 Å². The van der Waals surface area contributed by atoms with E-state index in [4.69, 9.17) is 23.2 Å². The molecule has 0 bridgehead atoms. The maximum Gasteiger partial charge on any atom is 0.224 e. The summed E-state index contributed by atoms with van der Waals surface area (Å²) in [6, 6.07) is 4.95. The van der Waals surface area contributed by atoms with Crippen LogP contribution in [0.25, 0.3) is 0 Å². The second kappa shape index (κ2) is 10.7. The minimum atomic E-state index is -3.60. The fraction of sp³-hybridized carbons (Fsp3) is 0.650. The maximum atomic E-state index is 12.9. The van der Waals surface area contributed by atoms with E-state index in [1.165, 1.54) is 30.0 Å². The summed E-state index contributed by atoms with van der Waals surface area (Å²) in [7, 11) is -3.60. The van der Waals surface area contributed by atoms with Gasteiger partial charge in [-0.05, 0) is 37.8 Å². The van der Waals surface area contributed by atoms with Crippen molar-refractivity contribution >= 4 is 50.9 Å². The fourth-order valence-electron chi connectivity index (χ4n) is 3.95. The Morgan fingerprint density at radius 1 is 1.14 bits per heavy atom. The first-order valence-corrected chi connectivity index (χ1v) is 13.6. The molecule has 1 aromatic rings. The number of piperidine rings is 1. The lowest BCUT2D eigenvalue weighted by molar-refractivity contribution is -0.125. The quantitative estimate of drug-likeness (QED) is 0.564. The Balaban J connectivity index is 1.51. The molecule has 2 fully saturated rings. The van der Waals surface area contributed by atoms with E-state index in [1.54, 1.807) is 18.2 Å². The van der Waals surface area contributed by atoms with E-state index in [1.807, 2.05) is 11.8 Å². The first-order chi connectivity index (χ1) is 13.9. The Kier molecular flexibility index (Phi) is 8.57. The highest BCUT2D eigenvalue weighted by molar-refractivity contribution is 7.99. The molecule has 9 heteroatoms. The Morgan fingerprint density at radius 3 is 2.52 bits per heavy atom. The van der Waals surface area contributed by atoms with E-state index in [0.717, 1.165) is 11.0 Å². The Hall–Kier alpha value is -0.470. The Labute approximate surface area is 187 Å². The number of carbonyl (C=O) groups is 1. The number of nitrogens with one attached hydrogen (secondary N) is 1. The summed E-state index contributed by atoms with van der Waals surface area (Å²) in [4.78, 5) is 12.5. The SMILES string of the molecule is O=C(NCCSC1CCCC1)[C@H]1CCCN(S(=O)(=O)Cc2c(Cl)cccc2Cl)C1.